The van der Waals surface area contributed by atoms with Gasteiger partial charge in [-0.05, 0) is 42.5 Å². The van der Waals surface area contributed by atoms with Gasteiger partial charge in [0.25, 0.3) is 0 Å². The lowest BCUT2D eigenvalue weighted by atomic mass is 9.84. The smallest absolute Gasteiger partial charge is 0.241 e. The van der Waals surface area contributed by atoms with Crippen LogP contribution in [0, 0.1) is 5.41 Å². The van der Waals surface area contributed by atoms with Crippen LogP contribution >= 0.6 is 11.6 Å². The molecule has 1 aromatic carbocycles. The van der Waals surface area contributed by atoms with Gasteiger partial charge in [-0.1, -0.05) is 25.4 Å². The molecule has 0 aliphatic carbocycles. The van der Waals surface area contributed by atoms with Crippen molar-refractivity contribution in [2.24, 2.45) is 5.41 Å². The number of nitrogens with one attached hydrogen (secondary N) is 2. The minimum Gasteiger partial charge on any atom is -0.355 e. The van der Waals surface area contributed by atoms with Crippen LogP contribution in [-0.4, -0.2) is 26.9 Å². The second-order valence-electron chi connectivity index (χ2n) is 6.04. The van der Waals surface area contributed by atoms with Crippen molar-refractivity contribution < 1.29 is 13.2 Å². The monoisotopic (exact) mass is 330 g/mol. The highest BCUT2D eigenvalue weighted by atomic mass is 35.5. The third-order valence-corrected chi connectivity index (χ3v) is 5.34. The molecule has 7 heteroatoms. The Morgan fingerprint density at radius 3 is 2.52 bits per heavy atom. The van der Waals surface area contributed by atoms with E-state index in [0.717, 1.165) is 6.42 Å². The molecule has 0 spiro atoms. The van der Waals surface area contributed by atoms with Crippen molar-refractivity contribution in [3.63, 3.8) is 0 Å². The predicted molar refractivity (Wildman–Crippen MR) is 81.6 cm³/mol. The zero-order chi connectivity index (χ0) is 15.7. The molecule has 0 unspecified atom stereocenters. The van der Waals surface area contributed by atoms with Crippen molar-refractivity contribution in [2.45, 2.75) is 37.6 Å². The minimum atomic E-state index is -3.75. The molecule has 0 radical (unpaired) electrons. The van der Waals surface area contributed by atoms with Gasteiger partial charge in [0.15, 0.2) is 0 Å². The third-order valence-electron chi connectivity index (χ3n) is 3.60. The van der Waals surface area contributed by atoms with Gasteiger partial charge in [0.2, 0.25) is 15.9 Å². The molecule has 21 heavy (non-hydrogen) atoms. The molecule has 1 fully saturated rings. The van der Waals surface area contributed by atoms with E-state index >= 15 is 0 Å². The van der Waals surface area contributed by atoms with E-state index in [4.69, 9.17) is 11.6 Å². The van der Waals surface area contributed by atoms with E-state index in [2.05, 4.69) is 10.0 Å². The van der Waals surface area contributed by atoms with E-state index in [-0.39, 0.29) is 16.2 Å². The molecule has 1 saturated heterocycles. The van der Waals surface area contributed by atoms with E-state index in [0.29, 0.717) is 18.0 Å². The van der Waals surface area contributed by atoms with Crippen LogP contribution in [-0.2, 0) is 14.8 Å². The predicted octanol–water partition coefficient (Wildman–Crippen LogP) is 1.92. The fourth-order valence-corrected chi connectivity index (χ4v) is 3.68. The first-order valence-corrected chi connectivity index (χ1v) is 8.61. The Hall–Kier alpha value is -1.11. The average Bonchev–Trinajstić information content (AvgIpc) is 2.48. The van der Waals surface area contributed by atoms with Gasteiger partial charge in [-0.25, -0.2) is 8.42 Å². The topological polar surface area (TPSA) is 75.3 Å². The van der Waals surface area contributed by atoms with Crippen molar-refractivity contribution in [3.05, 3.63) is 29.3 Å². The van der Waals surface area contributed by atoms with Gasteiger partial charge < -0.3 is 5.32 Å². The Labute approximate surface area is 130 Å². The summed E-state index contributed by atoms with van der Waals surface area (Å²) < 4.78 is 27.2. The summed E-state index contributed by atoms with van der Waals surface area (Å²) in [5.74, 6) is -0.280. The molecule has 0 bridgehead atoms. The van der Waals surface area contributed by atoms with Crippen LogP contribution in [0.3, 0.4) is 0 Å². The van der Waals surface area contributed by atoms with Crippen molar-refractivity contribution in [1.82, 2.24) is 10.0 Å². The van der Waals surface area contributed by atoms with Crippen LogP contribution in [0.5, 0.6) is 0 Å². The van der Waals surface area contributed by atoms with Gasteiger partial charge >= 0.3 is 0 Å². The molecule has 2 N–H and O–H groups in total. The highest BCUT2D eigenvalue weighted by Crippen LogP contribution is 2.29. The number of rotatable bonds is 3. The van der Waals surface area contributed by atoms with Crippen LogP contribution in [0.1, 0.15) is 26.7 Å². The molecule has 1 atom stereocenters. The van der Waals surface area contributed by atoms with E-state index < -0.39 is 16.1 Å². The maximum Gasteiger partial charge on any atom is 0.241 e. The number of sulfonamides is 1. The molecule has 1 aliphatic rings. The highest BCUT2D eigenvalue weighted by molar-refractivity contribution is 7.89. The second-order valence-corrected chi connectivity index (χ2v) is 8.19. The number of carbonyl (C=O) groups excluding carboxylic acids is 1. The number of amides is 1. The van der Waals surface area contributed by atoms with Crippen LogP contribution in [0.2, 0.25) is 5.02 Å². The molecule has 1 heterocycles. The first kappa shape index (κ1) is 16.3. The standard InChI is InChI=1S/C14H19ClN2O3S/c1-14(2)7-8-16-13(18)12(9-14)17-21(19,20)11-5-3-10(15)4-6-11/h3-6,12,17H,7-9H2,1-2H3,(H,16,18)/t12-/m1/s1. The summed E-state index contributed by atoms with van der Waals surface area (Å²) >= 11 is 5.76. The molecule has 0 saturated carbocycles. The first-order chi connectivity index (χ1) is 9.70. The maximum absolute atomic E-state index is 12.3. The lowest BCUT2D eigenvalue weighted by Gasteiger charge is -2.25. The van der Waals surface area contributed by atoms with E-state index in [1.54, 1.807) is 0 Å². The van der Waals surface area contributed by atoms with Crippen molar-refractivity contribution >= 4 is 27.5 Å². The molecule has 2 rings (SSSR count). The summed E-state index contributed by atoms with van der Waals surface area (Å²) in [5, 5.41) is 3.21. The minimum absolute atomic E-state index is 0.0988. The fraction of sp³-hybridized carbons (Fsp3) is 0.500. The summed E-state index contributed by atoms with van der Waals surface area (Å²) in [6.07, 6.45) is 1.28. The number of halogens is 1. The molecular formula is C14H19ClN2O3S. The van der Waals surface area contributed by atoms with Gasteiger partial charge in [0.05, 0.1) is 4.90 Å². The molecule has 5 nitrogen and oxygen atoms in total. The summed E-state index contributed by atoms with van der Waals surface area (Å²) in [4.78, 5) is 12.1. The summed E-state index contributed by atoms with van der Waals surface area (Å²) in [7, 11) is -3.75. The number of carbonyl (C=O) groups is 1. The Morgan fingerprint density at radius 1 is 1.29 bits per heavy atom. The number of hydrogen-bond acceptors (Lipinski definition) is 3. The van der Waals surface area contributed by atoms with Crippen LogP contribution in [0.4, 0.5) is 0 Å². The molecule has 1 amide bonds. The SMILES string of the molecule is CC1(C)CCNC(=O)[C@H](NS(=O)(=O)c2ccc(Cl)cc2)C1. The van der Waals surface area contributed by atoms with Crippen molar-refractivity contribution in [2.75, 3.05) is 6.54 Å². The van der Waals surface area contributed by atoms with Crippen molar-refractivity contribution in [3.8, 4) is 0 Å². The van der Waals surface area contributed by atoms with E-state index in [1.165, 1.54) is 24.3 Å². The zero-order valence-corrected chi connectivity index (χ0v) is 13.6. The Balaban J connectivity index is 2.22. The van der Waals surface area contributed by atoms with Crippen LogP contribution < -0.4 is 10.0 Å². The average molecular weight is 331 g/mol. The maximum atomic E-state index is 12.3. The Bertz CT molecular complexity index is 626. The summed E-state index contributed by atoms with van der Waals surface area (Å²) in [5.41, 5.74) is -0.105. The lowest BCUT2D eigenvalue weighted by molar-refractivity contribution is -0.122. The zero-order valence-electron chi connectivity index (χ0n) is 12.0. The highest BCUT2D eigenvalue weighted by Gasteiger charge is 2.34. The summed E-state index contributed by atoms with van der Waals surface area (Å²) in [6.45, 7) is 4.61. The van der Waals surface area contributed by atoms with Crippen LogP contribution in [0.15, 0.2) is 29.2 Å². The molecule has 0 aromatic heterocycles. The van der Waals surface area contributed by atoms with E-state index in [1.807, 2.05) is 13.8 Å². The van der Waals surface area contributed by atoms with E-state index in [9.17, 15) is 13.2 Å². The normalized spacial score (nSPS) is 22.4. The largest absolute Gasteiger partial charge is 0.355 e. The van der Waals surface area contributed by atoms with Crippen LogP contribution in [0.25, 0.3) is 0 Å². The third kappa shape index (κ3) is 4.18. The summed E-state index contributed by atoms with van der Waals surface area (Å²) in [6, 6.07) is 5.10. The van der Waals surface area contributed by atoms with Gasteiger partial charge in [0.1, 0.15) is 6.04 Å². The molecule has 1 aliphatic heterocycles. The number of benzene rings is 1. The van der Waals surface area contributed by atoms with Gasteiger partial charge in [-0.3, -0.25) is 4.79 Å². The fourth-order valence-electron chi connectivity index (χ4n) is 2.36. The Morgan fingerprint density at radius 2 is 1.90 bits per heavy atom. The number of hydrogen-bond donors (Lipinski definition) is 2. The lowest BCUT2D eigenvalue weighted by Crippen LogP contribution is -2.46. The molecular weight excluding hydrogens is 312 g/mol. The Kier molecular flexibility index (Phi) is 4.60. The van der Waals surface area contributed by atoms with Crippen molar-refractivity contribution in [1.29, 1.82) is 0 Å². The molecule has 1 aromatic rings. The second kappa shape index (κ2) is 5.94. The van der Waals surface area contributed by atoms with Gasteiger partial charge in [-0.15, -0.1) is 0 Å². The van der Waals surface area contributed by atoms with Gasteiger partial charge in [-0.2, -0.15) is 4.72 Å². The molecule has 116 valence electrons. The van der Waals surface area contributed by atoms with Gasteiger partial charge in [0, 0.05) is 11.6 Å². The quantitative estimate of drug-likeness (QED) is 0.889. The first-order valence-electron chi connectivity index (χ1n) is 6.75.